The molecule has 0 aliphatic heterocycles. The summed E-state index contributed by atoms with van der Waals surface area (Å²) in [4.78, 5) is 11.4. The minimum atomic E-state index is -4.04. The fraction of sp³-hybridized carbons (Fsp3) is 0.188. The van der Waals surface area contributed by atoms with E-state index in [0.717, 1.165) is 11.1 Å². The van der Waals surface area contributed by atoms with E-state index in [-0.39, 0.29) is 4.90 Å². The number of aliphatic hydroxyl groups is 1. The molecule has 1 amide bonds. The average molecular weight is 350 g/mol. The van der Waals surface area contributed by atoms with E-state index in [0.29, 0.717) is 0 Å². The molecule has 24 heavy (non-hydrogen) atoms. The summed E-state index contributed by atoms with van der Waals surface area (Å²) in [6.45, 7) is 1.24. The van der Waals surface area contributed by atoms with Crippen LogP contribution in [0.3, 0.4) is 0 Å². The first-order valence-corrected chi connectivity index (χ1v) is 8.63. The van der Waals surface area contributed by atoms with E-state index in [4.69, 9.17) is 5.21 Å². The quantitative estimate of drug-likeness (QED) is 0.456. The van der Waals surface area contributed by atoms with Gasteiger partial charge >= 0.3 is 0 Å². The van der Waals surface area contributed by atoms with Crippen LogP contribution >= 0.6 is 0 Å². The van der Waals surface area contributed by atoms with Crippen molar-refractivity contribution < 1.29 is 23.5 Å². The number of hydrogen-bond acceptors (Lipinski definition) is 5. The second-order valence-corrected chi connectivity index (χ2v) is 6.92. The third kappa shape index (κ3) is 4.18. The van der Waals surface area contributed by atoms with Crippen molar-refractivity contribution in [2.24, 2.45) is 0 Å². The molecule has 2 rings (SSSR count). The van der Waals surface area contributed by atoms with Crippen LogP contribution in [0.4, 0.5) is 0 Å². The van der Waals surface area contributed by atoms with Gasteiger partial charge in [0.2, 0.25) is 10.0 Å². The van der Waals surface area contributed by atoms with Gasteiger partial charge < -0.3 is 5.11 Å². The number of hydrogen-bond donors (Lipinski definition) is 4. The van der Waals surface area contributed by atoms with Gasteiger partial charge in [-0.2, -0.15) is 4.72 Å². The molecule has 0 radical (unpaired) electrons. The van der Waals surface area contributed by atoms with Gasteiger partial charge in [-0.05, 0) is 30.2 Å². The Kier molecular flexibility index (Phi) is 5.68. The minimum absolute atomic E-state index is 0.0569. The molecule has 0 bridgehead atoms. The van der Waals surface area contributed by atoms with Crippen LogP contribution in [0.1, 0.15) is 6.92 Å². The molecule has 2 aromatic carbocycles. The molecule has 0 saturated heterocycles. The molecule has 128 valence electrons. The Morgan fingerprint density at radius 2 is 1.54 bits per heavy atom. The van der Waals surface area contributed by atoms with E-state index in [2.05, 4.69) is 4.72 Å². The van der Waals surface area contributed by atoms with Crippen LogP contribution in [0.25, 0.3) is 11.1 Å². The fourth-order valence-electron chi connectivity index (χ4n) is 2.13. The van der Waals surface area contributed by atoms with Crippen LogP contribution in [0.5, 0.6) is 0 Å². The van der Waals surface area contributed by atoms with Crippen LogP contribution in [0.2, 0.25) is 0 Å². The van der Waals surface area contributed by atoms with Crippen molar-refractivity contribution in [2.75, 3.05) is 0 Å². The zero-order chi connectivity index (χ0) is 17.7. The lowest BCUT2D eigenvalue weighted by molar-refractivity contribution is -0.133. The van der Waals surface area contributed by atoms with Gasteiger partial charge in [0.15, 0.2) is 0 Å². The zero-order valence-electron chi connectivity index (χ0n) is 12.9. The molecule has 4 N–H and O–H groups in total. The number of rotatable bonds is 6. The van der Waals surface area contributed by atoms with Crippen molar-refractivity contribution in [3.63, 3.8) is 0 Å². The van der Waals surface area contributed by atoms with Crippen LogP contribution in [0.15, 0.2) is 59.5 Å². The number of nitrogens with one attached hydrogen (secondary N) is 2. The molecule has 0 unspecified atom stereocenters. The van der Waals surface area contributed by atoms with Gasteiger partial charge in [-0.25, -0.2) is 13.9 Å². The number of benzene rings is 2. The summed E-state index contributed by atoms with van der Waals surface area (Å²) in [7, 11) is -4.04. The molecule has 8 heteroatoms. The van der Waals surface area contributed by atoms with Crippen molar-refractivity contribution in [2.45, 2.75) is 24.0 Å². The Hall–Kier alpha value is -2.26. The SMILES string of the molecule is C[C@@H](O)[C@H](NS(=O)(=O)c1ccc(-c2ccccc2)cc1)C(=O)NO. The van der Waals surface area contributed by atoms with Crippen LogP contribution in [0, 0.1) is 0 Å². The summed E-state index contributed by atoms with van der Waals surface area (Å²) >= 11 is 0. The highest BCUT2D eigenvalue weighted by Gasteiger charge is 2.29. The molecule has 7 nitrogen and oxygen atoms in total. The molecular weight excluding hydrogens is 332 g/mol. The molecule has 2 aromatic rings. The van der Waals surface area contributed by atoms with E-state index in [1.165, 1.54) is 24.5 Å². The average Bonchev–Trinajstić information content (AvgIpc) is 2.59. The number of carbonyl (C=O) groups is 1. The predicted octanol–water partition coefficient (Wildman–Crippen LogP) is 0.887. The van der Waals surface area contributed by atoms with Gasteiger partial charge in [0, 0.05) is 0 Å². The standard InChI is InChI=1S/C16H18N2O5S/c1-11(19)15(16(20)17-21)18-24(22,23)14-9-7-13(8-10-14)12-5-3-2-4-6-12/h2-11,15,18-19,21H,1H3,(H,17,20)/t11-,15+/m1/s1. The Morgan fingerprint density at radius 1 is 1.00 bits per heavy atom. The Morgan fingerprint density at radius 3 is 2.04 bits per heavy atom. The molecule has 0 saturated carbocycles. The second-order valence-electron chi connectivity index (χ2n) is 5.21. The number of hydroxylamine groups is 1. The second kappa shape index (κ2) is 7.54. The normalized spacial score (nSPS) is 14.0. The van der Waals surface area contributed by atoms with E-state index in [1.807, 2.05) is 30.3 Å². The summed E-state index contributed by atoms with van der Waals surface area (Å²) < 4.78 is 26.7. The molecule has 0 aliphatic rings. The van der Waals surface area contributed by atoms with Crippen molar-refractivity contribution in [3.8, 4) is 11.1 Å². The first kappa shape index (κ1) is 18.1. The van der Waals surface area contributed by atoms with Crippen molar-refractivity contribution in [1.82, 2.24) is 10.2 Å². The number of amides is 1. The van der Waals surface area contributed by atoms with E-state index < -0.39 is 28.1 Å². The highest BCUT2D eigenvalue weighted by atomic mass is 32.2. The number of aliphatic hydroxyl groups excluding tert-OH is 1. The van der Waals surface area contributed by atoms with Crippen LogP contribution in [-0.4, -0.2) is 36.8 Å². The van der Waals surface area contributed by atoms with E-state index in [9.17, 15) is 18.3 Å². The summed E-state index contributed by atoms with van der Waals surface area (Å²) in [6, 6.07) is 14.0. The lowest BCUT2D eigenvalue weighted by Gasteiger charge is -2.19. The first-order valence-electron chi connectivity index (χ1n) is 7.15. The lowest BCUT2D eigenvalue weighted by atomic mass is 10.1. The van der Waals surface area contributed by atoms with E-state index in [1.54, 1.807) is 12.1 Å². The van der Waals surface area contributed by atoms with Crippen molar-refractivity contribution in [3.05, 3.63) is 54.6 Å². The highest BCUT2D eigenvalue weighted by molar-refractivity contribution is 7.89. The predicted molar refractivity (Wildman–Crippen MR) is 87.6 cm³/mol. The first-order chi connectivity index (χ1) is 11.3. The molecular formula is C16H18N2O5S. The van der Waals surface area contributed by atoms with Gasteiger partial charge in [0.05, 0.1) is 11.0 Å². The van der Waals surface area contributed by atoms with Gasteiger partial charge in [0.1, 0.15) is 6.04 Å². The summed E-state index contributed by atoms with van der Waals surface area (Å²) in [5, 5.41) is 18.2. The fourth-order valence-corrected chi connectivity index (χ4v) is 3.40. The van der Waals surface area contributed by atoms with Crippen molar-refractivity contribution in [1.29, 1.82) is 0 Å². The maximum absolute atomic E-state index is 12.3. The van der Waals surface area contributed by atoms with Gasteiger partial charge in [-0.15, -0.1) is 0 Å². The highest BCUT2D eigenvalue weighted by Crippen LogP contribution is 2.21. The zero-order valence-corrected chi connectivity index (χ0v) is 13.7. The molecule has 2 atom stereocenters. The minimum Gasteiger partial charge on any atom is -0.391 e. The third-order valence-corrected chi connectivity index (χ3v) is 4.89. The Labute approximate surface area is 140 Å². The molecule has 0 aromatic heterocycles. The summed E-state index contributed by atoms with van der Waals surface area (Å²) in [6.07, 6.45) is -1.32. The summed E-state index contributed by atoms with van der Waals surface area (Å²) in [5.41, 5.74) is 3.11. The van der Waals surface area contributed by atoms with Gasteiger partial charge in [-0.3, -0.25) is 10.0 Å². The smallest absolute Gasteiger partial charge is 0.264 e. The molecule has 0 heterocycles. The number of sulfonamides is 1. The van der Waals surface area contributed by atoms with E-state index >= 15 is 0 Å². The monoisotopic (exact) mass is 350 g/mol. The maximum Gasteiger partial charge on any atom is 0.264 e. The topological polar surface area (TPSA) is 116 Å². The Bertz CT molecular complexity index is 789. The summed E-state index contributed by atoms with van der Waals surface area (Å²) in [5.74, 6) is -1.05. The van der Waals surface area contributed by atoms with Crippen LogP contribution in [-0.2, 0) is 14.8 Å². The number of carbonyl (C=O) groups excluding carboxylic acids is 1. The molecule has 0 aliphatic carbocycles. The lowest BCUT2D eigenvalue weighted by Crippen LogP contribution is -2.51. The Balaban J connectivity index is 2.25. The third-order valence-electron chi connectivity index (χ3n) is 3.43. The molecule has 0 fully saturated rings. The van der Waals surface area contributed by atoms with Crippen molar-refractivity contribution >= 4 is 15.9 Å². The molecule has 0 spiro atoms. The van der Waals surface area contributed by atoms with Crippen LogP contribution < -0.4 is 10.2 Å². The van der Waals surface area contributed by atoms with Gasteiger partial charge in [0.25, 0.3) is 5.91 Å². The maximum atomic E-state index is 12.3. The van der Waals surface area contributed by atoms with Gasteiger partial charge in [-0.1, -0.05) is 42.5 Å². The largest absolute Gasteiger partial charge is 0.391 e.